The van der Waals surface area contributed by atoms with Crippen molar-refractivity contribution in [3.63, 3.8) is 0 Å². The van der Waals surface area contributed by atoms with Crippen LogP contribution in [0.25, 0.3) is 22.2 Å². The van der Waals surface area contributed by atoms with E-state index in [9.17, 15) is 19.2 Å². The number of hydrogen-bond donors (Lipinski definition) is 2. The number of carbonyl (C=O) groups is 3. The molecule has 1 atom stereocenters. The number of ketones is 1. The van der Waals surface area contributed by atoms with Gasteiger partial charge in [-0.05, 0) is 31.2 Å². The van der Waals surface area contributed by atoms with Crippen LogP contribution in [0, 0.1) is 0 Å². The minimum atomic E-state index is -0.621. The standard InChI is InChI=1S/C26H23N5O4/c1-16-15-30(25(34)17-5-3-2-4-6-17)11-12-31(16)26(35)24(33)20-14-29-23-19(20)9-10-27-22(23)18-7-8-21(32)28-13-18/h2-10,13-14,16,29H,11-12,15H2,1H3,(H,28,32). The second-order valence-electron chi connectivity index (χ2n) is 8.52. The van der Waals surface area contributed by atoms with Gasteiger partial charge >= 0.3 is 0 Å². The van der Waals surface area contributed by atoms with E-state index >= 15 is 0 Å². The Morgan fingerprint density at radius 1 is 0.971 bits per heavy atom. The highest BCUT2D eigenvalue weighted by Crippen LogP contribution is 2.28. The van der Waals surface area contributed by atoms with Crippen molar-refractivity contribution in [2.75, 3.05) is 19.6 Å². The predicted molar refractivity (Wildman–Crippen MR) is 130 cm³/mol. The summed E-state index contributed by atoms with van der Waals surface area (Å²) in [5.41, 5.74) is 2.46. The van der Waals surface area contributed by atoms with E-state index in [0.29, 0.717) is 40.8 Å². The first kappa shape index (κ1) is 22.3. The number of carbonyl (C=O) groups excluding carboxylic acids is 3. The zero-order valence-corrected chi connectivity index (χ0v) is 19.0. The van der Waals surface area contributed by atoms with Crippen LogP contribution in [0.1, 0.15) is 27.6 Å². The molecule has 5 rings (SSSR count). The molecular weight excluding hydrogens is 446 g/mol. The molecule has 0 aliphatic carbocycles. The molecule has 176 valence electrons. The highest BCUT2D eigenvalue weighted by Gasteiger charge is 2.34. The van der Waals surface area contributed by atoms with E-state index in [-0.39, 0.29) is 29.6 Å². The Balaban J connectivity index is 1.35. The Labute approximate surface area is 200 Å². The van der Waals surface area contributed by atoms with Gasteiger partial charge in [-0.1, -0.05) is 18.2 Å². The van der Waals surface area contributed by atoms with Crippen LogP contribution >= 0.6 is 0 Å². The van der Waals surface area contributed by atoms with Gasteiger partial charge in [0.15, 0.2) is 0 Å². The van der Waals surface area contributed by atoms with E-state index in [1.165, 1.54) is 17.2 Å². The quantitative estimate of drug-likeness (QED) is 0.352. The third-order valence-electron chi connectivity index (χ3n) is 6.29. The summed E-state index contributed by atoms with van der Waals surface area (Å²) in [5.74, 6) is -1.31. The van der Waals surface area contributed by atoms with E-state index in [4.69, 9.17) is 0 Å². The second-order valence-corrected chi connectivity index (χ2v) is 8.52. The maximum atomic E-state index is 13.2. The molecule has 2 amide bonds. The number of benzene rings is 1. The summed E-state index contributed by atoms with van der Waals surface area (Å²) in [6.45, 7) is 2.81. The fourth-order valence-corrected chi connectivity index (χ4v) is 4.47. The number of aromatic amines is 2. The van der Waals surface area contributed by atoms with Crippen LogP contribution in [0.15, 0.2) is 71.9 Å². The number of Topliss-reactive ketones (excluding diaryl/α,β-unsaturated/α-hetero) is 1. The summed E-state index contributed by atoms with van der Waals surface area (Å²) in [5, 5.41) is 0.574. The lowest BCUT2D eigenvalue weighted by atomic mass is 10.0. The average molecular weight is 470 g/mol. The fourth-order valence-electron chi connectivity index (χ4n) is 4.47. The first-order valence-corrected chi connectivity index (χ1v) is 11.3. The molecule has 1 aliphatic rings. The molecule has 35 heavy (non-hydrogen) atoms. The van der Waals surface area contributed by atoms with Crippen LogP contribution in [0.3, 0.4) is 0 Å². The number of amides is 2. The Kier molecular flexibility index (Phi) is 5.74. The Bertz CT molecular complexity index is 1470. The number of nitrogens with one attached hydrogen (secondary N) is 2. The summed E-state index contributed by atoms with van der Waals surface area (Å²) < 4.78 is 0. The fraction of sp³-hybridized carbons (Fsp3) is 0.192. The van der Waals surface area contributed by atoms with Crippen LogP contribution in [-0.2, 0) is 4.79 Å². The monoisotopic (exact) mass is 469 g/mol. The highest BCUT2D eigenvalue weighted by molar-refractivity contribution is 6.45. The Morgan fingerprint density at radius 3 is 2.49 bits per heavy atom. The molecule has 1 saturated heterocycles. The Hall–Kier alpha value is -4.53. The van der Waals surface area contributed by atoms with Gasteiger partial charge in [0, 0.05) is 66.8 Å². The zero-order chi connectivity index (χ0) is 24.5. The molecule has 1 aliphatic heterocycles. The van der Waals surface area contributed by atoms with Gasteiger partial charge in [-0.2, -0.15) is 0 Å². The van der Waals surface area contributed by atoms with Crippen molar-refractivity contribution in [1.29, 1.82) is 0 Å². The molecule has 0 spiro atoms. The number of fused-ring (bicyclic) bond motifs is 1. The van der Waals surface area contributed by atoms with Gasteiger partial charge in [-0.3, -0.25) is 24.2 Å². The summed E-state index contributed by atoms with van der Waals surface area (Å²) in [6, 6.07) is 13.4. The molecule has 0 bridgehead atoms. The van der Waals surface area contributed by atoms with Crippen molar-refractivity contribution >= 4 is 28.5 Å². The third-order valence-corrected chi connectivity index (χ3v) is 6.29. The third kappa shape index (κ3) is 4.12. The lowest BCUT2D eigenvalue weighted by molar-refractivity contribution is -0.130. The normalized spacial score (nSPS) is 15.9. The first-order chi connectivity index (χ1) is 16.9. The Morgan fingerprint density at radius 2 is 1.77 bits per heavy atom. The van der Waals surface area contributed by atoms with Gasteiger partial charge in [-0.25, -0.2) is 0 Å². The largest absolute Gasteiger partial charge is 0.359 e. The number of hydrogen-bond acceptors (Lipinski definition) is 5. The van der Waals surface area contributed by atoms with Gasteiger partial charge in [-0.15, -0.1) is 0 Å². The van der Waals surface area contributed by atoms with Crippen LogP contribution in [-0.4, -0.2) is 68.0 Å². The molecule has 0 radical (unpaired) electrons. The number of aromatic nitrogens is 3. The van der Waals surface area contributed by atoms with Crippen molar-refractivity contribution in [2.24, 2.45) is 0 Å². The van der Waals surface area contributed by atoms with E-state index in [2.05, 4.69) is 15.0 Å². The number of pyridine rings is 2. The lowest BCUT2D eigenvalue weighted by Gasteiger charge is -2.39. The van der Waals surface area contributed by atoms with Crippen LogP contribution in [0.4, 0.5) is 0 Å². The van der Waals surface area contributed by atoms with Crippen LogP contribution < -0.4 is 5.56 Å². The summed E-state index contributed by atoms with van der Waals surface area (Å²) in [7, 11) is 0. The van der Waals surface area contributed by atoms with E-state index in [0.717, 1.165) is 0 Å². The van der Waals surface area contributed by atoms with Crippen molar-refractivity contribution < 1.29 is 14.4 Å². The summed E-state index contributed by atoms with van der Waals surface area (Å²) >= 11 is 0. The van der Waals surface area contributed by atoms with Crippen LogP contribution in [0.2, 0.25) is 0 Å². The highest BCUT2D eigenvalue weighted by atomic mass is 16.2. The maximum absolute atomic E-state index is 13.2. The van der Waals surface area contributed by atoms with Gasteiger partial charge in [0.25, 0.3) is 17.6 Å². The van der Waals surface area contributed by atoms with E-state index < -0.39 is 11.7 Å². The molecule has 9 heteroatoms. The maximum Gasteiger partial charge on any atom is 0.295 e. The average Bonchev–Trinajstić information content (AvgIpc) is 3.33. The zero-order valence-electron chi connectivity index (χ0n) is 19.0. The number of H-pyrrole nitrogens is 2. The first-order valence-electron chi connectivity index (χ1n) is 11.3. The molecule has 9 nitrogen and oxygen atoms in total. The minimum Gasteiger partial charge on any atom is -0.359 e. The van der Waals surface area contributed by atoms with Gasteiger partial charge in [0.05, 0.1) is 16.8 Å². The number of rotatable bonds is 4. The van der Waals surface area contributed by atoms with Crippen LogP contribution in [0.5, 0.6) is 0 Å². The molecule has 0 saturated carbocycles. The summed E-state index contributed by atoms with van der Waals surface area (Å²) in [4.78, 5) is 63.9. The van der Waals surface area contributed by atoms with E-state index in [1.807, 2.05) is 25.1 Å². The predicted octanol–water partition coefficient (Wildman–Crippen LogP) is 2.47. The molecular formula is C26H23N5O4. The van der Waals surface area contributed by atoms with Crippen molar-refractivity contribution in [1.82, 2.24) is 24.8 Å². The van der Waals surface area contributed by atoms with Crippen molar-refractivity contribution in [3.05, 3.63) is 88.6 Å². The van der Waals surface area contributed by atoms with Crippen molar-refractivity contribution in [2.45, 2.75) is 13.0 Å². The van der Waals surface area contributed by atoms with Gasteiger partial charge in [0.1, 0.15) is 0 Å². The van der Waals surface area contributed by atoms with Crippen molar-refractivity contribution in [3.8, 4) is 11.3 Å². The molecule has 4 heterocycles. The molecule has 2 N–H and O–H groups in total. The molecule has 1 aromatic carbocycles. The number of piperazine rings is 1. The SMILES string of the molecule is CC1CN(C(=O)c2ccccc2)CCN1C(=O)C(=O)c1c[nH]c2c(-c3ccc(=O)[nH]c3)nccc12. The summed E-state index contributed by atoms with van der Waals surface area (Å²) in [6.07, 6.45) is 4.63. The smallest absolute Gasteiger partial charge is 0.295 e. The molecule has 1 fully saturated rings. The molecule has 3 aromatic heterocycles. The second kappa shape index (κ2) is 9.02. The molecule has 4 aromatic rings. The molecule has 1 unspecified atom stereocenters. The van der Waals surface area contributed by atoms with E-state index in [1.54, 1.807) is 41.6 Å². The van der Waals surface area contributed by atoms with Gasteiger partial charge in [0.2, 0.25) is 5.56 Å². The van der Waals surface area contributed by atoms with Gasteiger partial charge < -0.3 is 19.8 Å². The minimum absolute atomic E-state index is 0.0882. The lowest BCUT2D eigenvalue weighted by Crippen LogP contribution is -2.56. The number of nitrogens with zero attached hydrogens (tertiary/aromatic N) is 3. The topological polar surface area (TPSA) is 119 Å².